The minimum absolute atomic E-state index is 0.256. The summed E-state index contributed by atoms with van der Waals surface area (Å²) in [4.78, 5) is 24.9. The SMILES string of the molecule is Cc1nc(NCc2ccccc2Cl)cc(C(=O)NCc2ccncc2)n1. The second-order valence-corrected chi connectivity index (χ2v) is 6.08. The third kappa shape index (κ3) is 4.77. The Morgan fingerprint density at radius 3 is 2.62 bits per heavy atom. The first kappa shape index (κ1) is 17.8. The van der Waals surface area contributed by atoms with Crippen molar-refractivity contribution in [1.82, 2.24) is 20.3 Å². The molecule has 0 saturated heterocycles. The molecule has 0 aliphatic carbocycles. The summed E-state index contributed by atoms with van der Waals surface area (Å²) >= 11 is 6.16. The molecule has 0 aliphatic rings. The smallest absolute Gasteiger partial charge is 0.270 e. The lowest BCUT2D eigenvalue weighted by Gasteiger charge is -2.10. The highest BCUT2D eigenvalue weighted by Crippen LogP contribution is 2.16. The maximum absolute atomic E-state index is 12.4. The maximum atomic E-state index is 12.4. The van der Waals surface area contributed by atoms with Gasteiger partial charge in [0.05, 0.1) is 0 Å². The minimum atomic E-state index is -0.256. The molecule has 0 radical (unpaired) electrons. The fourth-order valence-corrected chi connectivity index (χ4v) is 2.58. The molecule has 2 N–H and O–H groups in total. The predicted molar refractivity (Wildman–Crippen MR) is 101 cm³/mol. The van der Waals surface area contributed by atoms with Gasteiger partial charge >= 0.3 is 0 Å². The van der Waals surface area contributed by atoms with E-state index in [1.807, 2.05) is 36.4 Å². The van der Waals surface area contributed by atoms with Crippen LogP contribution in [0.2, 0.25) is 5.02 Å². The summed E-state index contributed by atoms with van der Waals surface area (Å²) in [5, 5.41) is 6.72. The van der Waals surface area contributed by atoms with Gasteiger partial charge in [0.25, 0.3) is 5.91 Å². The number of hydrogen-bond acceptors (Lipinski definition) is 5. The fourth-order valence-electron chi connectivity index (χ4n) is 2.38. The Hall–Kier alpha value is -2.99. The zero-order valence-corrected chi connectivity index (χ0v) is 15.0. The van der Waals surface area contributed by atoms with E-state index in [0.29, 0.717) is 35.4 Å². The van der Waals surface area contributed by atoms with Gasteiger partial charge in [-0.3, -0.25) is 9.78 Å². The van der Waals surface area contributed by atoms with Crippen molar-refractivity contribution in [1.29, 1.82) is 0 Å². The monoisotopic (exact) mass is 367 g/mol. The fraction of sp³-hybridized carbons (Fsp3) is 0.158. The van der Waals surface area contributed by atoms with Crippen LogP contribution in [0.15, 0.2) is 54.9 Å². The number of pyridine rings is 1. The topological polar surface area (TPSA) is 79.8 Å². The average Bonchev–Trinajstić information content (AvgIpc) is 2.66. The van der Waals surface area contributed by atoms with Crippen LogP contribution < -0.4 is 10.6 Å². The van der Waals surface area contributed by atoms with Crippen LogP contribution in [0.5, 0.6) is 0 Å². The van der Waals surface area contributed by atoms with E-state index in [0.717, 1.165) is 11.1 Å². The number of anilines is 1. The molecule has 0 aliphatic heterocycles. The molecular weight excluding hydrogens is 350 g/mol. The molecular formula is C19H18ClN5O. The van der Waals surface area contributed by atoms with Crippen molar-refractivity contribution in [3.8, 4) is 0 Å². The Balaban J connectivity index is 1.67. The molecule has 0 atom stereocenters. The molecule has 3 rings (SSSR count). The first-order valence-electron chi connectivity index (χ1n) is 8.12. The summed E-state index contributed by atoms with van der Waals surface area (Å²) in [7, 11) is 0. The summed E-state index contributed by atoms with van der Waals surface area (Å²) in [6.45, 7) is 2.67. The van der Waals surface area contributed by atoms with E-state index < -0.39 is 0 Å². The van der Waals surface area contributed by atoms with E-state index in [1.54, 1.807) is 25.4 Å². The Morgan fingerprint density at radius 2 is 1.85 bits per heavy atom. The van der Waals surface area contributed by atoms with Crippen molar-refractivity contribution < 1.29 is 4.79 Å². The lowest BCUT2D eigenvalue weighted by molar-refractivity contribution is 0.0945. The van der Waals surface area contributed by atoms with Gasteiger partial charge in [-0.05, 0) is 36.2 Å². The number of carbonyl (C=O) groups excluding carboxylic acids is 1. The number of nitrogens with one attached hydrogen (secondary N) is 2. The summed E-state index contributed by atoms with van der Waals surface area (Å²) in [5.74, 6) is 0.836. The number of nitrogens with zero attached hydrogens (tertiary/aromatic N) is 3. The highest BCUT2D eigenvalue weighted by molar-refractivity contribution is 6.31. The van der Waals surface area contributed by atoms with E-state index >= 15 is 0 Å². The molecule has 132 valence electrons. The molecule has 7 heteroatoms. The number of aryl methyl sites for hydroxylation is 1. The third-order valence-electron chi connectivity index (χ3n) is 3.69. The molecule has 1 amide bonds. The number of rotatable bonds is 6. The Morgan fingerprint density at radius 1 is 1.08 bits per heavy atom. The molecule has 3 aromatic rings. The van der Waals surface area contributed by atoms with Crippen LogP contribution in [-0.2, 0) is 13.1 Å². The van der Waals surface area contributed by atoms with Gasteiger partial charge in [0.1, 0.15) is 17.3 Å². The number of amides is 1. The van der Waals surface area contributed by atoms with Crippen LogP contribution in [0.4, 0.5) is 5.82 Å². The summed E-state index contributed by atoms with van der Waals surface area (Å²) in [5.41, 5.74) is 2.23. The minimum Gasteiger partial charge on any atom is -0.366 e. The number of benzene rings is 1. The summed E-state index contributed by atoms with van der Waals surface area (Å²) < 4.78 is 0. The van der Waals surface area contributed by atoms with E-state index in [1.165, 1.54) is 0 Å². The van der Waals surface area contributed by atoms with E-state index in [-0.39, 0.29) is 5.91 Å². The number of carbonyl (C=O) groups is 1. The first-order chi connectivity index (χ1) is 12.6. The normalized spacial score (nSPS) is 10.4. The third-order valence-corrected chi connectivity index (χ3v) is 4.06. The van der Waals surface area contributed by atoms with Gasteiger partial charge < -0.3 is 10.6 Å². The first-order valence-corrected chi connectivity index (χ1v) is 8.49. The Labute approximate surface area is 156 Å². The van der Waals surface area contributed by atoms with Gasteiger partial charge in [-0.25, -0.2) is 9.97 Å². The molecule has 0 bridgehead atoms. The molecule has 0 saturated carbocycles. The molecule has 1 aromatic carbocycles. The molecule has 2 heterocycles. The average molecular weight is 368 g/mol. The van der Waals surface area contributed by atoms with Gasteiger partial charge in [-0.15, -0.1) is 0 Å². The second-order valence-electron chi connectivity index (χ2n) is 5.67. The van der Waals surface area contributed by atoms with Gasteiger partial charge in [0.15, 0.2) is 0 Å². The van der Waals surface area contributed by atoms with E-state index in [4.69, 9.17) is 11.6 Å². The largest absolute Gasteiger partial charge is 0.366 e. The van der Waals surface area contributed by atoms with Crippen molar-refractivity contribution in [2.24, 2.45) is 0 Å². The molecule has 6 nitrogen and oxygen atoms in total. The molecule has 26 heavy (non-hydrogen) atoms. The lowest BCUT2D eigenvalue weighted by atomic mass is 10.2. The summed E-state index contributed by atoms with van der Waals surface area (Å²) in [6.07, 6.45) is 3.38. The van der Waals surface area contributed by atoms with Crippen LogP contribution in [0, 0.1) is 6.92 Å². The van der Waals surface area contributed by atoms with Crippen LogP contribution in [0.25, 0.3) is 0 Å². The van der Waals surface area contributed by atoms with Gasteiger partial charge in [0.2, 0.25) is 0 Å². The van der Waals surface area contributed by atoms with Crippen molar-refractivity contribution in [2.45, 2.75) is 20.0 Å². The Kier molecular flexibility index (Phi) is 5.76. The van der Waals surface area contributed by atoms with Crippen molar-refractivity contribution in [3.63, 3.8) is 0 Å². The molecule has 0 unspecified atom stereocenters. The van der Waals surface area contributed by atoms with Gasteiger partial charge in [-0.2, -0.15) is 0 Å². The van der Waals surface area contributed by atoms with Crippen molar-refractivity contribution >= 4 is 23.3 Å². The van der Waals surface area contributed by atoms with Crippen LogP contribution >= 0.6 is 11.6 Å². The highest BCUT2D eigenvalue weighted by Gasteiger charge is 2.11. The van der Waals surface area contributed by atoms with Crippen molar-refractivity contribution in [3.05, 3.63) is 82.5 Å². The Bertz CT molecular complexity index is 901. The predicted octanol–water partition coefficient (Wildman–Crippen LogP) is 3.38. The molecule has 0 fully saturated rings. The number of aromatic nitrogens is 3. The van der Waals surface area contributed by atoms with Gasteiger partial charge in [0, 0.05) is 36.6 Å². The summed E-state index contributed by atoms with van der Waals surface area (Å²) in [6, 6.07) is 12.9. The van der Waals surface area contributed by atoms with E-state index in [2.05, 4.69) is 25.6 Å². The zero-order chi connectivity index (χ0) is 18.4. The molecule has 0 spiro atoms. The van der Waals surface area contributed by atoms with Crippen LogP contribution in [0.1, 0.15) is 27.4 Å². The molecule has 2 aromatic heterocycles. The lowest BCUT2D eigenvalue weighted by Crippen LogP contribution is -2.24. The second kappa shape index (κ2) is 8.40. The van der Waals surface area contributed by atoms with Gasteiger partial charge in [-0.1, -0.05) is 29.8 Å². The van der Waals surface area contributed by atoms with Crippen LogP contribution in [-0.4, -0.2) is 20.9 Å². The van der Waals surface area contributed by atoms with Crippen molar-refractivity contribution in [2.75, 3.05) is 5.32 Å². The quantitative estimate of drug-likeness (QED) is 0.698. The van der Waals surface area contributed by atoms with E-state index in [9.17, 15) is 4.79 Å². The number of hydrogen-bond donors (Lipinski definition) is 2. The number of halogens is 1. The standard InChI is InChI=1S/C19H18ClN5O/c1-13-24-17(19(26)23-11-14-6-8-21-9-7-14)10-18(25-13)22-12-15-4-2-3-5-16(15)20/h2-10H,11-12H2,1H3,(H,23,26)(H,22,24,25). The highest BCUT2D eigenvalue weighted by atomic mass is 35.5. The maximum Gasteiger partial charge on any atom is 0.270 e. The van der Waals surface area contributed by atoms with Crippen LogP contribution in [0.3, 0.4) is 0 Å². The zero-order valence-electron chi connectivity index (χ0n) is 14.2.